The van der Waals surface area contributed by atoms with Gasteiger partial charge in [-0.3, -0.25) is 14.4 Å². The summed E-state index contributed by atoms with van der Waals surface area (Å²) in [5, 5.41) is 45.6. The van der Waals surface area contributed by atoms with E-state index in [2.05, 4.69) is 53.7 Å². The number of carbonyl (C=O) groups is 3. The number of hydrogen-bond donors (Lipinski definition) is 4. The summed E-state index contributed by atoms with van der Waals surface area (Å²) in [6, 6.07) is 2.03. The van der Waals surface area contributed by atoms with Crippen LogP contribution in [0.25, 0.3) is 0 Å². The van der Waals surface area contributed by atoms with Crippen LogP contribution in [0, 0.1) is 51.2 Å². The molecule has 4 N–H and O–H groups in total. The van der Waals surface area contributed by atoms with Crippen molar-refractivity contribution in [2.24, 2.45) is 51.2 Å². The predicted octanol–water partition coefficient (Wildman–Crippen LogP) is 10.3. The Morgan fingerprint density at radius 1 is 0.828 bits per heavy atom. The fourth-order valence-corrected chi connectivity index (χ4v) is 19.3. The molecule has 12 aliphatic rings. The van der Waals surface area contributed by atoms with Gasteiger partial charge in [0, 0.05) is 62.6 Å². The number of ketones is 2. The van der Waals surface area contributed by atoms with E-state index in [9.17, 15) is 34.8 Å². The second-order valence-corrected chi connectivity index (χ2v) is 30.5. The summed E-state index contributed by atoms with van der Waals surface area (Å²) in [6.45, 7) is 26.1. The summed E-state index contributed by atoms with van der Waals surface area (Å²) in [6.07, 6.45) is 18.3. The zero-order chi connectivity index (χ0) is 66.9. The SMILES string of the molecule is CC1(C)C(=O)C=CC2(C)C1=C(O)C(=O)C1(C)C2CCC2(C)C(c3ccoc3)CC3OC321.CCC(C)C1OC2(C=CC1C)CC1CC(CC=C(C)C(OC3CC(OC)C(OC4CC(OC)C(O)C(C)O4)C(C)O3)C(C)C=CC=C3COC4C(O)C(C)=CC(C(=O)O1)C34O)O2. The van der Waals surface area contributed by atoms with Crippen molar-refractivity contribution in [3.63, 3.8) is 0 Å². The number of esters is 1. The molecule has 8 heterocycles. The van der Waals surface area contributed by atoms with Gasteiger partial charge in [-0.2, -0.15) is 0 Å². The monoisotopic (exact) mass is 1290 g/mol. The number of ether oxygens (including phenoxy) is 11. The summed E-state index contributed by atoms with van der Waals surface area (Å²) in [4.78, 5) is 41.1. The lowest BCUT2D eigenvalue weighted by Gasteiger charge is -2.62. The van der Waals surface area contributed by atoms with Crippen LogP contribution in [0.1, 0.15) is 159 Å². The number of carbonyl (C=O) groups excluding carboxylic acids is 3. The molecular weight excluding hydrogens is 1190 g/mol. The van der Waals surface area contributed by atoms with E-state index < -0.39 is 113 Å². The summed E-state index contributed by atoms with van der Waals surface area (Å²) < 4.78 is 75.5. The van der Waals surface area contributed by atoms with Crippen LogP contribution >= 0.6 is 0 Å². The van der Waals surface area contributed by atoms with Crippen LogP contribution in [-0.4, -0.2) is 168 Å². The van der Waals surface area contributed by atoms with E-state index in [4.69, 9.17) is 56.5 Å². The maximum Gasteiger partial charge on any atom is 0.316 e. The van der Waals surface area contributed by atoms with Gasteiger partial charge < -0.3 is 76.9 Å². The summed E-state index contributed by atoms with van der Waals surface area (Å²) in [5.74, 6) is -2.88. The van der Waals surface area contributed by atoms with Gasteiger partial charge in [-0.05, 0) is 138 Å². The maximum atomic E-state index is 14.3. The van der Waals surface area contributed by atoms with Gasteiger partial charge in [-0.25, -0.2) is 0 Å². The van der Waals surface area contributed by atoms with Crippen LogP contribution in [0.5, 0.6) is 0 Å². The Labute approximate surface area is 548 Å². The molecule has 13 rings (SSSR count). The number of hydrogen-bond acceptors (Lipinski definition) is 19. The Balaban J connectivity index is 0.000000222. The highest BCUT2D eigenvalue weighted by Crippen LogP contribution is 2.81. The predicted molar refractivity (Wildman–Crippen MR) is 341 cm³/mol. The molecule has 1 aromatic heterocycles. The third-order valence-electron chi connectivity index (χ3n) is 24.7. The highest BCUT2D eigenvalue weighted by molar-refractivity contribution is 6.06. The van der Waals surface area contributed by atoms with E-state index in [1.807, 2.05) is 71.3 Å². The maximum absolute atomic E-state index is 14.3. The van der Waals surface area contributed by atoms with Crippen LogP contribution in [0.3, 0.4) is 0 Å². The first-order valence-corrected chi connectivity index (χ1v) is 34.2. The number of rotatable bonds is 9. The normalized spacial score (nSPS) is 47.8. The molecule has 27 unspecified atom stereocenters. The van der Waals surface area contributed by atoms with Gasteiger partial charge in [-0.1, -0.05) is 90.5 Å². The van der Waals surface area contributed by atoms with Gasteiger partial charge in [0.1, 0.15) is 47.6 Å². The highest BCUT2D eigenvalue weighted by Gasteiger charge is 2.87. The summed E-state index contributed by atoms with van der Waals surface area (Å²) >= 11 is 0. The van der Waals surface area contributed by atoms with Crippen molar-refractivity contribution in [2.75, 3.05) is 20.8 Å². The molecule has 5 aliphatic carbocycles. The number of methoxy groups -OCH3 is 2. The molecule has 27 atom stereocenters. The van der Waals surface area contributed by atoms with Crippen LogP contribution in [0.15, 0.2) is 106 Å². The molecule has 1 aromatic rings. The van der Waals surface area contributed by atoms with Crippen LogP contribution in [-0.2, 0) is 66.5 Å². The molecule has 0 aromatic carbocycles. The number of furan rings is 1. The van der Waals surface area contributed by atoms with Gasteiger partial charge in [0.25, 0.3) is 0 Å². The lowest BCUT2D eigenvalue weighted by Crippen LogP contribution is -2.66. The highest BCUT2D eigenvalue weighted by atomic mass is 16.7. The van der Waals surface area contributed by atoms with E-state index in [1.165, 1.54) is 5.56 Å². The first-order valence-electron chi connectivity index (χ1n) is 34.2. The summed E-state index contributed by atoms with van der Waals surface area (Å²) in [5.41, 5.74) is -1.27. The van der Waals surface area contributed by atoms with E-state index in [0.717, 1.165) is 31.3 Å². The minimum Gasteiger partial charge on any atom is -0.504 e. The zero-order valence-corrected chi connectivity index (χ0v) is 57.0. The molecule has 7 fully saturated rings. The second kappa shape index (κ2) is 25.1. The van der Waals surface area contributed by atoms with Crippen molar-refractivity contribution in [2.45, 2.75) is 263 Å². The average molecular weight is 1300 g/mol. The first kappa shape index (κ1) is 68.5. The molecule has 0 radical (unpaired) electrons. The second-order valence-electron chi connectivity index (χ2n) is 30.5. The van der Waals surface area contributed by atoms with Crippen molar-refractivity contribution in [3.05, 3.63) is 107 Å². The lowest BCUT2D eigenvalue weighted by atomic mass is 9.39. The number of aliphatic hydroxyl groups is 4. The summed E-state index contributed by atoms with van der Waals surface area (Å²) in [7, 11) is 3.22. The van der Waals surface area contributed by atoms with Gasteiger partial charge >= 0.3 is 5.97 Å². The number of aliphatic hydroxyl groups excluding tert-OH is 3. The number of fused-ring (bicyclic) bond motifs is 5. The molecular formula is C74H102O19. The molecule has 2 spiro atoms. The van der Waals surface area contributed by atoms with Gasteiger partial charge in [0.15, 0.2) is 29.9 Å². The van der Waals surface area contributed by atoms with Crippen LogP contribution in [0.2, 0.25) is 0 Å². The topological polar surface area (TPSA) is 250 Å². The first-order chi connectivity index (χ1) is 44.0. The quantitative estimate of drug-likeness (QED) is 0.102. The third kappa shape index (κ3) is 11.1. The Bertz CT molecular complexity index is 3230. The minimum absolute atomic E-state index is 0.00527. The molecule has 7 aliphatic heterocycles. The van der Waals surface area contributed by atoms with E-state index in [0.29, 0.717) is 48.8 Å². The van der Waals surface area contributed by atoms with E-state index >= 15 is 0 Å². The van der Waals surface area contributed by atoms with Crippen molar-refractivity contribution < 1.29 is 91.3 Å². The smallest absolute Gasteiger partial charge is 0.316 e. The molecule has 5 saturated heterocycles. The zero-order valence-electron chi connectivity index (χ0n) is 57.0. The third-order valence-corrected chi connectivity index (χ3v) is 24.7. The largest absolute Gasteiger partial charge is 0.504 e. The number of epoxide rings is 1. The molecule has 19 nitrogen and oxygen atoms in total. The minimum atomic E-state index is -1.84. The number of Topliss-reactive ketones (excluding diaryl/α,β-unsaturated/α-hetero) is 1. The van der Waals surface area contributed by atoms with Crippen LogP contribution < -0.4 is 0 Å². The molecule has 19 heteroatoms. The van der Waals surface area contributed by atoms with Crippen LogP contribution in [0.4, 0.5) is 0 Å². The lowest BCUT2D eigenvalue weighted by molar-refractivity contribution is -0.318. The fraction of sp³-hybridized carbons (Fsp3) is 0.716. The van der Waals surface area contributed by atoms with Crippen molar-refractivity contribution in [1.29, 1.82) is 0 Å². The Morgan fingerprint density at radius 3 is 2.26 bits per heavy atom. The molecule has 2 bridgehead atoms. The van der Waals surface area contributed by atoms with Crippen molar-refractivity contribution in [3.8, 4) is 0 Å². The fourth-order valence-electron chi connectivity index (χ4n) is 19.3. The van der Waals surface area contributed by atoms with Gasteiger partial charge in [-0.15, -0.1) is 0 Å². The van der Waals surface area contributed by atoms with Gasteiger partial charge in [0.05, 0.1) is 78.8 Å². The molecule has 2 saturated carbocycles. The average Bonchev–Trinajstić information content (AvgIpc) is 1.46. The van der Waals surface area contributed by atoms with Crippen molar-refractivity contribution in [1.82, 2.24) is 0 Å². The standard InChI is InChI=1S/C48H72O14.C26H30O5/c1-11-25(2)43-28(5)17-18-47(62-43)23-34-20-33(61-47)16-15-27(4)42(26(3)13-12-14-32-24-55-45-40(49)29(6)19-35(46(51)58-34)48(32,45)52)59-39-22-37(54-10)44(31(8)57-39)60-38-21-36(53-9)41(50)30(7)56-38;1-22(2)17(27)7-9-23(3)16-6-10-24(4)15(14-8-11-30-13-14)12-18-26(24,31-18)25(16,5)21(29)19(28)20(22)23/h12-15,17-19,25-26,28,30-31,33-45,49-50,52H,11,16,20-24H2,1-10H3;7-9,11,13,15-16,18,28H,6,10,12H2,1-5H3. The van der Waals surface area contributed by atoms with Gasteiger partial charge in [0.2, 0.25) is 5.78 Å². The Kier molecular flexibility index (Phi) is 18.5. The number of allylic oxidation sites excluding steroid dienone is 6. The van der Waals surface area contributed by atoms with Crippen molar-refractivity contribution >= 4 is 17.5 Å². The Morgan fingerprint density at radius 2 is 1.55 bits per heavy atom. The van der Waals surface area contributed by atoms with E-state index in [1.54, 1.807) is 52.6 Å². The Hall–Kier alpha value is -4.45. The molecule has 512 valence electrons. The van der Waals surface area contributed by atoms with E-state index in [-0.39, 0.29) is 83.4 Å². The molecule has 0 amide bonds. The molecule has 93 heavy (non-hydrogen) atoms.